The van der Waals surface area contributed by atoms with Crippen LogP contribution in [-0.2, 0) is 4.79 Å². The third kappa shape index (κ3) is 2.76. The lowest BCUT2D eigenvalue weighted by Gasteiger charge is -2.21. The summed E-state index contributed by atoms with van der Waals surface area (Å²) < 4.78 is 13.5. The van der Waals surface area contributed by atoms with Crippen LogP contribution >= 0.6 is 15.9 Å². The van der Waals surface area contributed by atoms with Gasteiger partial charge >= 0.3 is 5.97 Å². The highest BCUT2D eigenvalue weighted by molar-refractivity contribution is 9.10. The number of carboxylic acids is 1. The first-order valence-electron chi connectivity index (χ1n) is 5.57. The third-order valence-electron chi connectivity index (χ3n) is 2.98. The van der Waals surface area contributed by atoms with Crippen LogP contribution in [0.3, 0.4) is 0 Å². The van der Waals surface area contributed by atoms with E-state index >= 15 is 0 Å². The highest BCUT2D eigenvalue weighted by Crippen LogP contribution is 2.25. The van der Waals surface area contributed by atoms with Gasteiger partial charge in [0.25, 0.3) is 5.91 Å². The Hall–Kier alpha value is -1.47. The van der Waals surface area contributed by atoms with Crippen LogP contribution in [0.5, 0.6) is 0 Å². The zero-order valence-electron chi connectivity index (χ0n) is 9.72. The molecule has 1 fully saturated rings. The van der Waals surface area contributed by atoms with Gasteiger partial charge in [-0.05, 0) is 34.1 Å². The van der Waals surface area contributed by atoms with Crippen molar-refractivity contribution in [2.45, 2.75) is 18.6 Å². The summed E-state index contributed by atoms with van der Waals surface area (Å²) in [4.78, 5) is 24.3. The van der Waals surface area contributed by atoms with Crippen LogP contribution < -0.4 is 0 Å². The number of likely N-dealkylation sites (tertiary alicyclic amines) is 1. The molecule has 5 nitrogen and oxygen atoms in total. The van der Waals surface area contributed by atoms with Gasteiger partial charge in [0.2, 0.25) is 0 Å². The molecule has 102 valence electrons. The maximum Gasteiger partial charge on any atom is 0.326 e. The van der Waals surface area contributed by atoms with Gasteiger partial charge in [0, 0.05) is 17.4 Å². The molecule has 0 saturated carbocycles. The summed E-state index contributed by atoms with van der Waals surface area (Å²) in [6.45, 7) is -0.0707. The van der Waals surface area contributed by atoms with Crippen LogP contribution in [0, 0.1) is 5.82 Å². The standard InChI is InChI=1S/C12H11BrFNO4/c13-9-2-1-6(14)3-8(9)11(17)15-5-7(16)4-10(15)12(18)19/h1-3,7,10,16H,4-5H2,(H,18,19)/t7-,10+/m1/s1. The Morgan fingerprint density at radius 2 is 2.11 bits per heavy atom. The summed E-state index contributed by atoms with van der Waals surface area (Å²) in [5, 5.41) is 18.5. The van der Waals surface area contributed by atoms with E-state index < -0.39 is 29.8 Å². The number of hydrogen-bond acceptors (Lipinski definition) is 3. The van der Waals surface area contributed by atoms with E-state index in [1.54, 1.807) is 0 Å². The summed E-state index contributed by atoms with van der Waals surface area (Å²) in [5.74, 6) is -2.38. The van der Waals surface area contributed by atoms with Gasteiger partial charge in [-0.25, -0.2) is 9.18 Å². The van der Waals surface area contributed by atoms with E-state index in [2.05, 4.69) is 15.9 Å². The second-order valence-corrected chi connectivity index (χ2v) is 5.18. The van der Waals surface area contributed by atoms with Crippen molar-refractivity contribution in [2.75, 3.05) is 6.54 Å². The number of benzene rings is 1. The highest BCUT2D eigenvalue weighted by atomic mass is 79.9. The van der Waals surface area contributed by atoms with Crippen molar-refractivity contribution in [1.29, 1.82) is 0 Å². The molecule has 0 aliphatic carbocycles. The Balaban J connectivity index is 2.33. The first-order chi connectivity index (χ1) is 8.90. The number of hydrogen-bond donors (Lipinski definition) is 2. The Morgan fingerprint density at radius 1 is 1.42 bits per heavy atom. The lowest BCUT2D eigenvalue weighted by Crippen LogP contribution is -2.40. The van der Waals surface area contributed by atoms with Crippen molar-refractivity contribution < 1.29 is 24.2 Å². The molecule has 2 atom stereocenters. The molecular formula is C12H11BrFNO4. The molecule has 2 rings (SSSR count). The van der Waals surface area contributed by atoms with E-state index in [0.717, 1.165) is 11.0 Å². The molecule has 0 spiro atoms. The largest absolute Gasteiger partial charge is 0.480 e. The van der Waals surface area contributed by atoms with Crippen molar-refractivity contribution >= 4 is 27.8 Å². The number of aliphatic carboxylic acids is 1. The zero-order chi connectivity index (χ0) is 14.2. The fourth-order valence-corrected chi connectivity index (χ4v) is 2.50. The van der Waals surface area contributed by atoms with Gasteiger partial charge in [0.15, 0.2) is 0 Å². The minimum absolute atomic E-state index is 0.0198. The highest BCUT2D eigenvalue weighted by Gasteiger charge is 2.39. The first-order valence-corrected chi connectivity index (χ1v) is 6.36. The second-order valence-electron chi connectivity index (χ2n) is 4.33. The van der Waals surface area contributed by atoms with Crippen LogP contribution in [0.25, 0.3) is 0 Å². The van der Waals surface area contributed by atoms with Crippen molar-refractivity contribution in [3.63, 3.8) is 0 Å². The van der Waals surface area contributed by atoms with Crippen molar-refractivity contribution in [1.82, 2.24) is 4.90 Å². The smallest absolute Gasteiger partial charge is 0.326 e. The molecule has 0 unspecified atom stereocenters. The van der Waals surface area contributed by atoms with E-state index in [9.17, 15) is 19.1 Å². The second kappa shape index (κ2) is 5.26. The Bertz CT molecular complexity index is 536. The normalized spacial score (nSPS) is 22.6. The SMILES string of the molecule is O=C(O)[C@@H]1C[C@@H](O)CN1C(=O)c1cc(F)ccc1Br. The number of carbonyl (C=O) groups is 2. The monoisotopic (exact) mass is 331 g/mol. The van der Waals surface area contributed by atoms with Crippen LogP contribution in [0.4, 0.5) is 4.39 Å². The average Bonchev–Trinajstić information content (AvgIpc) is 2.74. The molecule has 1 aliphatic rings. The maximum absolute atomic E-state index is 13.2. The Morgan fingerprint density at radius 3 is 2.74 bits per heavy atom. The molecule has 19 heavy (non-hydrogen) atoms. The minimum atomic E-state index is -1.18. The average molecular weight is 332 g/mol. The molecule has 2 N–H and O–H groups in total. The molecule has 1 aromatic rings. The number of nitrogens with zero attached hydrogens (tertiary/aromatic N) is 1. The number of β-amino-alcohol motifs (C(OH)–C–C–N with tert-alkyl or cyclic N) is 1. The number of amides is 1. The van der Waals surface area contributed by atoms with Crippen LogP contribution in [0.2, 0.25) is 0 Å². The van der Waals surface area contributed by atoms with E-state index in [-0.39, 0.29) is 18.5 Å². The van der Waals surface area contributed by atoms with Gasteiger partial charge in [-0.3, -0.25) is 4.79 Å². The predicted octanol–water partition coefficient (Wildman–Crippen LogP) is 1.25. The predicted molar refractivity (Wildman–Crippen MR) is 67.2 cm³/mol. The van der Waals surface area contributed by atoms with Gasteiger partial charge in [0.1, 0.15) is 11.9 Å². The lowest BCUT2D eigenvalue weighted by molar-refractivity contribution is -0.141. The number of aliphatic hydroxyl groups excluding tert-OH is 1. The number of carboxylic acid groups (broad SMARTS) is 1. The molecule has 1 aliphatic heterocycles. The summed E-state index contributed by atoms with van der Waals surface area (Å²) in [6, 6.07) is 2.52. The zero-order valence-corrected chi connectivity index (χ0v) is 11.3. The summed E-state index contributed by atoms with van der Waals surface area (Å²) in [6.07, 6.45) is -0.897. The number of rotatable bonds is 2. The number of halogens is 2. The molecule has 7 heteroatoms. The van der Waals surface area contributed by atoms with Gasteiger partial charge in [-0.2, -0.15) is 0 Å². The fourth-order valence-electron chi connectivity index (χ4n) is 2.09. The van der Waals surface area contributed by atoms with Crippen LogP contribution in [0.15, 0.2) is 22.7 Å². The summed E-state index contributed by atoms with van der Waals surface area (Å²) in [5.41, 5.74) is 0.0420. The molecule has 0 bridgehead atoms. The minimum Gasteiger partial charge on any atom is -0.480 e. The van der Waals surface area contributed by atoms with E-state index in [1.807, 2.05) is 0 Å². The van der Waals surface area contributed by atoms with Crippen molar-refractivity contribution in [2.24, 2.45) is 0 Å². The molecule has 1 heterocycles. The first kappa shape index (κ1) is 14.0. The Kier molecular flexibility index (Phi) is 3.86. The molecule has 1 amide bonds. The summed E-state index contributed by atoms with van der Waals surface area (Å²) >= 11 is 3.13. The van der Waals surface area contributed by atoms with Gasteiger partial charge in [-0.15, -0.1) is 0 Å². The Labute approximate surface area is 116 Å². The quantitative estimate of drug-likeness (QED) is 0.854. The van der Waals surface area contributed by atoms with Crippen molar-refractivity contribution in [3.05, 3.63) is 34.1 Å². The fraction of sp³-hybridized carbons (Fsp3) is 0.333. The summed E-state index contributed by atoms with van der Waals surface area (Å²) in [7, 11) is 0. The van der Waals surface area contributed by atoms with Crippen LogP contribution in [0.1, 0.15) is 16.8 Å². The maximum atomic E-state index is 13.2. The molecule has 0 aromatic heterocycles. The topological polar surface area (TPSA) is 77.8 Å². The molecular weight excluding hydrogens is 321 g/mol. The molecule has 0 radical (unpaired) electrons. The van der Waals surface area contributed by atoms with Crippen LogP contribution in [-0.4, -0.2) is 45.7 Å². The number of carbonyl (C=O) groups excluding carboxylic acids is 1. The van der Waals surface area contributed by atoms with E-state index in [4.69, 9.17) is 5.11 Å². The molecule has 1 aromatic carbocycles. The lowest BCUT2D eigenvalue weighted by atomic mass is 10.1. The van der Waals surface area contributed by atoms with E-state index in [1.165, 1.54) is 12.1 Å². The van der Waals surface area contributed by atoms with Gasteiger partial charge in [-0.1, -0.05) is 0 Å². The van der Waals surface area contributed by atoms with E-state index in [0.29, 0.717) is 4.47 Å². The van der Waals surface area contributed by atoms with Crippen molar-refractivity contribution in [3.8, 4) is 0 Å². The van der Waals surface area contributed by atoms with Gasteiger partial charge < -0.3 is 15.1 Å². The third-order valence-corrected chi connectivity index (χ3v) is 3.68. The molecule has 1 saturated heterocycles. The van der Waals surface area contributed by atoms with Gasteiger partial charge in [0.05, 0.1) is 11.7 Å². The number of aliphatic hydroxyl groups is 1.